The molecule has 1 unspecified atom stereocenters. The Bertz CT molecular complexity index is 778. The molecule has 1 aliphatic rings. The number of benzene rings is 1. The number of likely N-dealkylation sites (tertiary alicyclic amines) is 1. The quantitative estimate of drug-likeness (QED) is 0.805. The molecule has 1 aromatic heterocycles. The van der Waals surface area contributed by atoms with Crippen LogP contribution in [-0.4, -0.2) is 40.0 Å². The third-order valence-corrected chi connectivity index (χ3v) is 4.62. The van der Waals surface area contributed by atoms with Crippen molar-refractivity contribution in [3.63, 3.8) is 0 Å². The van der Waals surface area contributed by atoms with Crippen LogP contribution in [0.5, 0.6) is 5.88 Å². The molecule has 0 spiro atoms. The molecular formula is C18H19Cl2N3O2. The van der Waals surface area contributed by atoms with Crippen LogP contribution in [0.2, 0.25) is 10.0 Å². The summed E-state index contributed by atoms with van der Waals surface area (Å²) in [5, 5.41) is 0.893. The second kappa shape index (κ2) is 7.58. The summed E-state index contributed by atoms with van der Waals surface area (Å²) in [5.41, 5.74) is 1.28. The summed E-state index contributed by atoms with van der Waals surface area (Å²) in [4.78, 5) is 23.1. The number of carbonyl (C=O) groups excluding carboxylic acids is 1. The van der Waals surface area contributed by atoms with Crippen LogP contribution in [-0.2, 0) is 0 Å². The lowest BCUT2D eigenvalue weighted by Gasteiger charge is -2.33. The molecular weight excluding hydrogens is 361 g/mol. The fourth-order valence-corrected chi connectivity index (χ4v) is 3.34. The maximum atomic E-state index is 12.8. The first kappa shape index (κ1) is 18.0. The topological polar surface area (TPSA) is 55.3 Å². The van der Waals surface area contributed by atoms with Gasteiger partial charge in [-0.1, -0.05) is 23.2 Å². The van der Waals surface area contributed by atoms with Gasteiger partial charge in [0, 0.05) is 23.3 Å². The minimum Gasteiger partial charge on any atom is -0.472 e. The standard InChI is InChI=1S/C18H19Cl2N3O2/c1-11-8-17(22-12(2)21-11)25-14-4-3-7-23(10-14)18(24)15-9-13(19)5-6-16(15)20/h5-6,8-9,14H,3-4,7,10H2,1-2H3. The van der Waals surface area contributed by atoms with Gasteiger partial charge in [0.2, 0.25) is 5.88 Å². The van der Waals surface area contributed by atoms with E-state index in [1.165, 1.54) is 0 Å². The van der Waals surface area contributed by atoms with E-state index in [4.69, 9.17) is 27.9 Å². The Morgan fingerprint density at radius 1 is 1.24 bits per heavy atom. The van der Waals surface area contributed by atoms with Gasteiger partial charge in [0.15, 0.2) is 0 Å². The molecule has 1 saturated heterocycles. The van der Waals surface area contributed by atoms with Gasteiger partial charge in [0.25, 0.3) is 5.91 Å². The normalized spacial score (nSPS) is 17.4. The predicted molar refractivity (Wildman–Crippen MR) is 97.5 cm³/mol. The molecule has 0 aliphatic carbocycles. The molecule has 132 valence electrons. The Hall–Kier alpha value is -1.85. The highest BCUT2D eigenvalue weighted by atomic mass is 35.5. The van der Waals surface area contributed by atoms with Crippen LogP contribution in [0.3, 0.4) is 0 Å². The average molecular weight is 380 g/mol. The fourth-order valence-electron chi connectivity index (χ4n) is 2.96. The maximum Gasteiger partial charge on any atom is 0.255 e. The first-order valence-electron chi connectivity index (χ1n) is 8.15. The van der Waals surface area contributed by atoms with Crippen LogP contribution in [0.25, 0.3) is 0 Å². The van der Waals surface area contributed by atoms with E-state index < -0.39 is 0 Å². The minimum atomic E-state index is -0.129. The molecule has 5 nitrogen and oxygen atoms in total. The average Bonchev–Trinajstić information content (AvgIpc) is 2.56. The van der Waals surface area contributed by atoms with Crippen molar-refractivity contribution in [1.29, 1.82) is 0 Å². The largest absolute Gasteiger partial charge is 0.472 e. The summed E-state index contributed by atoms with van der Waals surface area (Å²) in [6.45, 7) is 4.89. The molecule has 1 atom stereocenters. The van der Waals surface area contributed by atoms with E-state index in [2.05, 4.69) is 9.97 Å². The SMILES string of the molecule is Cc1cc(OC2CCCN(C(=O)c3cc(Cl)ccc3Cl)C2)nc(C)n1. The molecule has 1 aromatic carbocycles. The third kappa shape index (κ3) is 4.41. The van der Waals surface area contributed by atoms with Gasteiger partial charge >= 0.3 is 0 Å². The monoisotopic (exact) mass is 379 g/mol. The van der Waals surface area contributed by atoms with Gasteiger partial charge in [0.1, 0.15) is 11.9 Å². The number of aromatic nitrogens is 2. The van der Waals surface area contributed by atoms with Crippen LogP contribution < -0.4 is 4.74 Å². The first-order valence-corrected chi connectivity index (χ1v) is 8.91. The Balaban J connectivity index is 1.72. The number of piperidine rings is 1. The highest BCUT2D eigenvalue weighted by molar-refractivity contribution is 6.35. The molecule has 0 N–H and O–H groups in total. The third-order valence-electron chi connectivity index (χ3n) is 4.05. The van der Waals surface area contributed by atoms with Gasteiger partial charge in [-0.15, -0.1) is 0 Å². The van der Waals surface area contributed by atoms with E-state index in [1.54, 1.807) is 23.1 Å². The lowest BCUT2D eigenvalue weighted by atomic mass is 10.1. The molecule has 1 aliphatic heterocycles. The molecule has 3 rings (SSSR count). The molecule has 0 saturated carbocycles. The second-order valence-electron chi connectivity index (χ2n) is 6.15. The van der Waals surface area contributed by atoms with E-state index in [1.807, 2.05) is 19.9 Å². The smallest absolute Gasteiger partial charge is 0.255 e. The van der Waals surface area contributed by atoms with Crippen LogP contribution >= 0.6 is 23.2 Å². The summed E-state index contributed by atoms with van der Waals surface area (Å²) in [6.07, 6.45) is 1.62. The van der Waals surface area contributed by atoms with E-state index in [0.717, 1.165) is 18.5 Å². The number of amides is 1. The van der Waals surface area contributed by atoms with Crippen LogP contribution in [0.1, 0.15) is 34.7 Å². The number of hydrogen-bond acceptors (Lipinski definition) is 4. The van der Waals surface area contributed by atoms with Gasteiger partial charge in [0.05, 0.1) is 17.1 Å². The van der Waals surface area contributed by atoms with Crippen LogP contribution in [0.15, 0.2) is 24.3 Å². The molecule has 7 heteroatoms. The van der Waals surface area contributed by atoms with E-state index in [0.29, 0.717) is 40.4 Å². The second-order valence-corrected chi connectivity index (χ2v) is 7.00. The lowest BCUT2D eigenvalue weighted by molar-refractivity contribution is 0.0527. The number of hydrogen-bond donors (Lipinski definition) is 0. The van der Waals surface area contributed by atoms with Gasteiger partial charge in [-0.25, -0.2) is 4.98 Å². The van der Waals surface area contributed by atoms with Crippen molar-refractivity contribution < 1.29 is 9.53 Å². The number of carbonyl (C=O) groups is 1. The zero-order chi connectivity index (χ0) is 18.0. The number of aryl methyl sites for hydroxylation is 2. The van der Waals surface area contributed by atoms with Crippen molar-refractivity contribution in [2.45, 2.75) is 32.8 Å². The first-order chi connectivity index (χ1) is 11.9. The zero-order valence-electron chi connectivity index (χ0n) is 14.1. The van der Waals surface area contributed by atoms with Gasteiger partial charge in [-0.05, 0) is 44.9 Å². The number of ether oxygens (including phenoxy) is 1. The summed E-state index contributed by atoms with van der Waals surface area (Å²) < 4.78 is 5.98. The molecule has 1 fully saturated rings. The number of rotatable bonds is 3. The zero-order valence-corrected chi connectivity index (χ0v) is 15.6. The Morgan fingerprint density at radius 2 is 2.04 bits per heavy atom. The predicted octanol–water partition coefficient (Wildman–Crippen LogP) is 4.08. The van der Waals surface area contributed by atoms with Gasteiger partial charge in [-0.2, -0.15) is 4.98 Å². The highest BCUT2D eigenvalue weighted by Crippen LogP contribution is 2.24. The van der Waals surface area contributed by atoms with Crippen LogP contribution in [0, 0.1) is 13.8 Å². The maximum absolute atomic E-state index is 12.8. The Kier molecular flexibility index (Phi) is 5.45. The van der Waals surface area contributed by atoms with Crippen molar-refractivity contribution in [1.82, 2.24) is 14.9 Å². The summed E-state index contributed by atoms with van der Waals surface area (Å²) >= 11 is 12.2. The lowest BCUT2D eigenvalue weighted by Crippen LogP contribution is -2.44. The van der Waals surface area contributed by atoms with Gasteiger partial charge < -0.3 is 9.64 Å². The summed E-state index contributed by atoms with van der Waals surface area (Å²) in [7, 11) is 0. The molecule has 25 heavy (non-hydrogen) atoms. The fraction of sp³-hybridized carbons (Fsp3) is 0.389. The number of nitrogens with zero attached hydrogens (tertiary/aromatic N) is 3. The molecule has 0 radical (unpaired) electrons. The van der Waals surface area contributed by atoms with Crippen molar-refractivity contribution in [3.05, 3.63) is 51.4 Å². The summed E-state index contributed by atoms with van der Waals surface area (Å²) in [5.74, 6) is 1.09. The van der Waals surface area contributed by atoms with Crippen LogP contribution in [0.4, 0.5) is 0 Å². The Morgan fingerprint density at radius 3 is 2.80 bits per heavy atom. The highest BCUT2D eigenvalue weighted by Gasteiger charge is 2.27. The van der Waals surface area contributed by atoms with Crippen molar-refractivity contribution in [3.8, 4) is 5.88 Å². The van der Waals surface area contributed by atoms with E-state index in [-0.39, 0.29) is 12.0 Å². The molecule has 2 heterocycles. The van der Waals surface area contributed by atoms with Crippen molar-refractivity contribution in [2.24, 2.45) is 0 Å². The minimum absolute atomic E-state index is 0.107. The molecule has 2 aromatic rings. The van der Waals surface area contributed by atoms with Crippen molar-refractivity contribution in [2.75, 3.05) is 13.1 Å². The van der Waals surface area contributed by atoms with Gasteiger partial charge in [-0.3, -0.25) is 4.79 Å². The Labute approximate surface area is 156 Å². The summed E-state index contributed by atoms with van der Waals surface area (Å²) in [6, 6.07) is 6.72. The van der Waals surface area contributed by atoms with Crippen molar-refractivity contribution >= 4 is 29.1 Å². The molecule has 0 bridgehead atoms. The molecule has 1 amide bonds. The van der Waals surface area contributed by atoms with E-state index >= 15 is 0 Å². The van der Waals surface area contributed by atoms with E-state index in [9.17, 15) is 4.79 Å². The number of halogens is 2.